The Morgan fingerprint density at radius 3 is 2.57 bits per heavy atom. The third kappa shape index (κ3) is 5.91. The first-order chi connectivity index (χ1) is 16.6. The molecule has 0 saturated carbocycles. The highest BCUT2D eigenvalue weighted by molar-refractivity contribution is 5.77. The number of halogens is 3. The van der Waals surface area contributed by atoms with Crippen LogP contribution in [0.25, 0.3) is 11.4 Å². The molecule has 35 heavy (non-hydrogen) atoms. The SMILES string of the molecule is Cc1cc(Nc2cc(C(F)(F)F)ccn2)nc(-c2cn(CC(=O)N3CCC(C(=O)O)CC3)nn2)c1. The molecule has 1 aliphatic heterocycles. The molecule has 2 N–H and O–H groups in total. The lowest BCUT2D eigenvalue weighted by Crippen LogP contribution is -2.41. The van der Waals surface area contributed by atoms with Crippen LogP contribution >= 0.6 is 0 Å². The lowest BCUT2D eigenvalue weighted by atomic mass is 9.97. The van der Waals surface area contributed by atoms with Crippen LogP contribution in [0.15, 0.2) is 36.7 Å². The van der Waals surface area contributed by atoms with Crippen molar-refractivity contribution in [3.05, 3.63) is 47.8 Å². The molecule has 184 valence electrons. The van der Waals surface area contributed by atoms with Crippen LogP contribution in [0, 0.1) is 12.8 Å². The Morgan fingerprint density at radius 1 is 1.14 bits per heavy atom. The summed E-state index contributed by atoms with van der Waals surface area (Å²) >= 11 is 0. The second-order valence-corrected chi connectivity index (χ2v) is 8.26. The van der Waals surface area contributed by atoms with Gasteiger partial charge in [-0.3, -0.25) is 9.59 Å². The molecule has 1 aliphatic rings. The number of aryl methyl sites for hydroxylation is 1. The molecule has 0 bridgehead atoms. The van der Waals surface area contributed by atoms with E-state index in [-0.39, 0.29) is 24.1 Å². The smallest absolute Gasteiger partial charge is 0.416 e. The molecule has 13 heteroatoms. The predicted molar refractivity (Wildman–Crippen MR) is 117 cm³/mol. The number of hydrogen-bond acceptors (Lipinski definition) is 7. The Labute approximate surface area is 197 Å². The van der Waals surface area contributed by atoms with Crippen LogP contribution in [0.2, 0.25) is 0 Å². The fourth-order valence-corrected chi connectivity index (χ4v) is 3.78. The summed E-state index contributed by atoms with van der Waals surface area (Å²) in [5, 5.41) is 19.9. The third-order valence-electron chi connectivity index (χ3n) is 5.61. The molecule has 4 rings (SSSR count). The zero-order chi connectivity index (χ0) is 25.2. The van der Waals surface area contributed by atoms with E-state index in [2.05, 4.69) is 25.6 Å². The summed E-state index contributed by atoms with van der Waals surface area (Å²) in [7, 11) is 0. The molecule has 1 fully saturated rings. The van der Waals surface area contributed by atoms with Crippen molar-refractivity contribution in [2.24, 2.45) is 5.92 Å². The predicted octanol–water partition coefficient (Wildman–Crippen LogP) is 3.13. The van der Waals surface area contributed by atoms with E-state index >= 15 is 0 Å². The molecule has 3 aromatic heterocycles. The van der Waals surface area contributed by atoms with E-state index in [4.69, 9.17) is 5.11 Å². The van der Waals surface area contributed by atoms with Gasteiger partial charge >= 0.3 is 12.1 Å². The highest BCUT2D eigenvalue weighted by Gasteiger charge is 2.31. The number of alkyl halides is 3. The van der Waals surface area contributed by atoms with E-state index < -0.39 is 23.6 Å². The number of aliphatic carboxylic acids is 1. The Morgan fingerprint density at radius 2 is 1.89 bits per heavy atom. The molecule has 0 aromatic carbocycles. The van der Waals surface area contributed by atoms with Crippen molar-refractivity contribution in [3.8, 4) is 11.4 Å². The topological polar surface area (TPSA) is 126 Å². The van der Waals surface area contributed by atoms with Crippen molar-refractivity contribution in [1.29, 1.82) is 0 Å². The number of rotatable bonds is 6. The number of carbonyl (C=O) groups is 2. The Bertz CT molecular complexity index is 1240. The number of nitrogens with zero attached hydrogens (tertiary/aromatic N) is 6. The van der Waals surface area contributed by atoms with Crippen molar-refractivity contribution in [2.75, 3.05) is 18.4 Å². The Hall–Kier alpha value is -4.03. The lowest BCUT2D eigenvalue weighted by molar-refractivity contribution is -0.145. The van der Waals surface area contributed by atoms with Crippen molar-refractivity contribution >= 4 is 23.5 Å². The van der Waals surface area contributed by atoms with E-state index in [1.54, 1.807) is 30.2 Å². The maximum atomic E-state index is 13.0. The number of carbonyl (C=O) groups excluding carboxylic acids is 1. The van der Waals surface area contributed by atoms with Gasteiger partial charge in [-0.2, -0.15) is 13.2 Å². The van der Waals surface area contributed by atoms with Gasteiger partial charge in [-0.1, -0.05) is 5.21 Å². The summed E-state index contributed by atoms with van der Waals surface area (Å²) in [5.41, 5.74) is 0.741. The highest BCUT2D eigenvalue weighted by Crippen LogP contribution is 2.30. The first-order valence-electron chi connectivity index (χ1n) is 10.8. The van der Waals surface area contributed by atoms with Crippen LogP contribution in [0.3, 0.4) is 0 Å². The largest absolute Gasteiger partial charge is 0.481 e. The number of nitrogens with one attached hydrogen (secondary N) is 1. The minimum absolute atomic E-state index is 0.00945. The first-order valence-corrected chi connectivity index (χ1v) is 10.8. The van der Waals surface area contributed by atoms with Crippen LogP contribution in [-0.4, -0.2) is 59.9 Å². The molecule has 0 radical (unpaired) electrons. The van der Waals surface area contributed by atoms with Gasteiger partial charge in [-0.15, -0.1) is 5.10 Å². The second-order valence-electron chi connectivity index (χ2n) is 8.26. The molecule has 1 saturated heterocycles. The normalized spacial score (nSPS) is 14.7. The van der Waals surface area contributed by atoms with Crippen molar-refractivity contribution in [2.45, 2.75) is 32.5 Å². The van der Waals surface area contributed by atoms with Crippen LogP contribution in [0.4, 0.5) is 24.8 Å². The van der Waals surface area contributed by atoms with Crippen molar-refractivity contribution < 1.29 is 27.9 Å². The first kappa shape index (κ1) is 24.1. The lowest BCUT2D eigenvalue weighted by Gasteiger charge is -2.30. The monoisotopic (exact) mass is 489 g/mol. The average Bonchev–Trinajstić information content (AvgIpc) is 3.27. The van der Waals surface area contributed by atoms with Gasteiger partial charge in [0.1, 0.15) is 23.9 Å². The van der Waals surface area contributed by atoms with Gasteiger partial charge in [-0.25, -0.2) is 14.6 Å². The minimum Gasteiger partial charge on any atom is -0.481 e. The summed E-state index contributed by atoms with van der Waals surface area (Å²) in [6.07, 6.45) is -1.06. The molecule has 0 unspecified atom stereocenters. The van der Waals surface area contributed by atoms with Crippen LogP contribution in [-0.2, 0) is 22.3 Å². The molecule has 10 nitrogen and oxygen atoms in total. The van der Waals surface area contributed by atoms with E-state index in [1.165, 1.54) is 4.68 Å². The summed E-state index contributed by atoms with van der Waals surface area (Å²) in [4.78, 5) is 33.6. The number of carboxylic acids is 1. The van der Waals surface area contributed by atoms with Gasteiger partial charge in [0.2, 0.25) is 5.91 Å². The molecule has 3 aromatic rings. The summed E-state index contributed by atoms with van der Waals surface area (Å²) < 4.78 is 40.3. The van der Waals surface area contributed by atoms with Crippen molar-refractivity contribution in [3.63, 3.8) is 0 Å². The number of anilines is 2. The van der Waals surface area contributed by atoms with E-state index in [1.807, 2.05) is 0 Å². The van der Waals surface area contributed by atoms with Gasteiger partial charge < -0.3 is 15.3 Å². The second kappa shape index (κ2) is 9.68. The molecule has 4 heterocycles. The quantitative estimate of drug-likeness (QED) is 0.541. The molecule has 0 aliphatic carbocycles. The zero-order valence-corrected chi connectivity index (χ0v) is 18.7. The number of amides is 1. The number of pyridine rings is 2. The van der Waals surface area contributed by atoms with Gasteiger partial charge in [0.05, 0.1) is 23.4 Å². The third-order valence-corrected chi connectivity index (χ3v) is 5.61. The van der Waals surface area contributed by atoms with Gasteiger partial charge in [0.25, 0.3) is 0 Å². The highest BCUT2D eigenvalue weighted by atomic mass is 19.4. The summed E-state index contributed by atoms with van der Waals surface area (Å²) in [6, 6.07) is 5.16. The van der Waals surface area contributed by atoms with Gasteiger partial charge in [-0.05, 0) is 49.6 Å². The van der Waals surface area contributed by atoms with Crippen LogP contribution in [0.5, 0.6) is 0 Å². The average molecular weight is 489 g/mol. The van der Waals surface area contributed by atoms with Crippen molar-refractivity contribution in [1.82, 2.24) is 29.9 Å². The van der Waals surface area contributed by atoms with E-state index in [0.717, 1.165) is 23.9 Å². The van der Waals surface area contributed by atoms with E-state index in [9.17, 15) is 22.8 Å². The fourth-order valence-electron chi connectivity index (χ4n) is 3.78. The molecule has 0 spiro atoms. The maximum absolute atomic E-state index is 13.0. The number of likely N-dealkylation sites (tertiary alicyclic amines) is 1. The molecule has 1 amide bonds. The van der Waals surface area contributed by atoms with Crippen LogP contribution in [0.1, 0.15) is 24.0 Å². The minimum atomic E-state index is -4.49. The number of carboxylic acid groups (broad SMARTS) is 1. The summed E-state index contributed by atoms with van der Waals surface area (Å²) in [5.74, 6) is -1.20. The number of piperidine rings is 1. The molecule has 0 atom stereocenters. The van der Waals surface area contributed by atoms with Gasteiger partial charge in [0.15, 0.2) is 0 Å². The fraction of sp³-hybridized carbons (Fsp3) is 0.364. The molecular formula is C22H22F3N7O3. The maximum Gasteiger partial charge on any atom is 0.416 e. The summed E-state index contributed by atoms with van der Waals surface area (Å²) in [6.45, 7) is 2.48. The van der Waals surface area contributed by atoms with E-state index in [0.29, 0.717) is 37.3 Å². The number of hydrogen-bond donors (Lipinski definition) is 2. The van der Waals surface area contributed by atoms with Gasteiger partial charge in [0, 0.05) is 19.3 Å². The molecular weight excluding hydrogens is 467 g/mol. The Kier molecular flexibility index (Phi) is 6.67. The Balaban J connectivity index is 1.45. The number of aromatic nitrogens is 5. The zero-order valence-electron chi connectivity index (χ0n) is 18.7. The van der Waals surface area contributed by atoms with Crippen LogP contribution < -0.4 is 5.32 Å². The standard InChI is InChI=1S/C22H22F3N7O3/c1-13-8-16(27-19(9-13)28-18-10-15(2-5-26-18)22(23,24)25)17-11-32(30-29-17)12-20(33)31-6-3-14(4-7-31)21(34)35/h2,5,8-11,14H,3-4,6-7,12H2,1H3,(H,34,35)(H,26,27,28).